The molecule has 1 rings (SSSR count). The Kier molecular flexibility index (Phi) is 3.76. The summed E-state index contributed by atoms with van der Waals surface area (Å²) in [5, 5.41) is 0. The summed E-state index contributed by atoms with van der Waals surface area (Å²) in [5.74, 6) is 2.99. The van der Waals surface area contributed by atoms with E-state index in [0.717, 1.165) is 18.4 Å². The molecule has 0 N–H and O–H groups in total. The van der Waals surface area contributed by atoms with Crippen molar-refractivity contribution in [1.82, 2.24) is 0 Å². The van der Waals surface area contributed by atoms with Crippen LogP contribution >= 0.6 is 0 Å². The molecule has 3 heteroatoms. The molecule has 0 heterocycles. The number of carbonyl (C=O) groups is 1. The highest BCUT2D eigenvalue weighted by molar-refractivity contribution is 6.83. The molecule has 0 fully saturated rings. The molecule has 0 bridgehead atoms. The fraction of sp³-hybridized carbons (Fsp3) is 0.583. The molecule has 0 aliphatic heterocycles. The maximum atomic E-state index is 10.7. The number of ether oxygens (including phenoxy) is 1. The number of rotatable bonds is 1. The predicted octanol–water partition coefficient (Wildman–Crippen LogP) is 2.52. The van der Waals surface area contributed by atoms with E-state index in [-0.39, 0.29) is 12.1 Å². The molecule has 82 valence electrons. The first-order chi connectivity index (χ1) is 6.87. The summed E-state index contributed by atoms with van der Waals surface area (Å²) >= 11 is 0. The van der Waals surface area contributed by atoms with Gasteiger partial charge >= 0.3 is 5.97 Å². The summed E-state index contributed by atoms with van der Waals surface area (Å²) in [6.45, 7) is 8.11. The van der Waals surface area contributed by atoms with E-state index >= 15 is 0 Å². The Labute approximate surface area is 92.7 Å². The largest absolute Gasteiger partial charge is 0.458 e. The first-order valence-electron chi connectivity index (χ1n) is 5.28. The third-order valence-electron chi connectivity index (χ3n) is 2.00. The Hall–Kier alpha value is -1.01. The molecule has 1 atom stereocenters. The number of allylic oxidation sites excluding steroid dienone is 1. The number of hydrogen-bond acceptors (Lipinski definition) is 2. The molecular formula is C12H18O2Si. The van der Waals surface area contributed by atoms with Gasteiger partial charge in [0.05, 0.1) is 0 Å². The minimum atomic E-state index is -1.29. The Bertz CT molecular complexity index is 339. The van der Waals surface area contributed by atoms with E-state index in [1.54, 1.807) is 0 Å². The van der Waals surface area contributed by atoms with Gasteiger partial charge in [0.15, 0.2) is 0 Å². The molecule has 2 nitrogen and oxygen atoms in total. The second-order valence-corrected chi connectivity index (χ2v) is 9.63. The lowest BCUT2D eigenvalue weighted by atomic mass is 10.2. The lowest BCUT2D eigenvalue weighted by molar-refractivity contribution is -0.144. The molecule has 0 spiro atoms. The second kappa shape index (κ2) is 4.67. The lowest BCUT2D eigenvalue weighted by Crippen LogP contribution is -2.16. The standard InChI is InChI=1S/C12H18O2Si/c1-10(13)14-12-6-5-11(9-12)7-8-15(2,3)4/h9,12H,5-6H2,1-4H3/t12-/m1/s1. The van der Waals surface area contributed by atoms with Crippen molar-refractivity contribution < 1.29 is 9.53 Å². The van der Waals surface area contributed by atoms with E-state index in [9.17, 15) is 4.79 Å². The minimum Gasteiger partial charge on any atom is -0.458 e. The van der Waals surface area contributed by atoms with Crippen LogP contribution in [0.25, 0.3) is 0 Å². The van der Waals surface area contributed by atoms with Crippen LogP contribution in [0.5, 0.6) is 0 Å². The SMILES string of the molecule is CC(=O)O[C@H]1C=C(C#C[Si](C)(C)C)CC1. The molecule has 1 aliphatic carbocycles. The van der Waals surface area contributed by atoms with Gasteiger partial charge in [-0.3, -0.25) is 4.79 Å². The summed E-state index contributed by atoms with van der Waals surface area (Å²) < 4.78 is 5.10. The molecule has 0 aromatic carbocycles. The zero-order valence-corrected chi connectivity index (χ0v) is 10.9. The van der Waals surface area contributed by atoms with Crippen molar-refractivity contribution in [2.45, 2.75) is 45.5 Å². The topological polar surface area (TPSA) is 26.3 Å². The van der Waals surface area contributed by atoms with E-state index in [4.69, 9.17) is 4.74 Å². The van der Waals surface area contributed by atoms with Gasteiger partial charge in [-0.2, -0.15) is 0 Å². The smallest absolute Gasteiger partial charge is 0.303 e. The van der Waals surface area contributed by atoms with Crippen LogP contribution in [0.3, 0.4) is 0 Å². The van der Waals surface area contributed by atoms with E-state index in [1.807, 2.05) is 6.08 Å². The Morgan fingerprint density at radius 3 is 2.73 bits per heavy atom. The summed E-state index contributed by atoms with van der Waals surface area (Å²) in [5.41, 5.74) is 4.45. The Morgan fingerprint density at radius 1 is 1.53 bits per heavy atom. The van der Waals surface area contributed by atoms with Crippen LogP contribution in [-0.2, 0) is 9.53 Å². The molecular weight excluding hydrogens is 204 g/mol. The van der Waals surface area contributed by atoms with Gasteiger partial charge in [0.2, 0.25) is 0 Å². The van der Waals surface area contributed by atoms with Gasteiger partial charge in [0, 0.05) is 12.5 Å². The van der Waals surface area contributed by atoms with Gasteiger partial charge in [0.25, 0.3) is 0 Å². The normalized spacial score (nSPS) is 20.3. The monoisotopic (exact) mass is 222 g/mol. The average Bonchev–Trinajstić information content (AvgIpc) is 2.46. The summed E-state index contributed by atoms with van der Waals surface area (Å²) in [6.07, 6.45) is 3.76. The van der Waals surface area contributed by atoms with Gasteiger partial charge in [-0.05, 0) is 18.9 Å². The Balaban J connectivity index is 2.58. The average molecular weight is 222 g/mol. The number of carbonyl (C=O) groups excluding carboxylic acids is 1. The molecule has 1 aliphatic rings. The van der Waals surface area contributed by atoms with E-state index in [1.165, 1.54) is 6.92 Å². The van der Waals surface area contributed by atoms with Crippen molar-refractivity contribution in [3.05, 3.63) is 11.6 Å². The second-order valence-electron chi connectivity index (χ2n) is 4.88. The van der Waals surface area contributed by atoms with Gasteiger partial charge in [-0.25, -0.2) is 0 Å². The molecule has 0 radical (unpaired) electrons. The summed E-state index contributed by atoms with van der Waals surface area (Å²) in [4.78, 5) is 10.7. The summed E-state index contributed by atoms with van der Waals surface area (Å²) in [6, 6.07) is 0. The van der Waals surface area contributed by atoms with Crippen LogP contribution in [0.15, 0.2) is 11.6 Å². The predicted molar refractivity (Wildman–Crippen MR) is 64.0 cm³/mol. The highest BCUT2D eigenvalue weighted by Gasteiger charge is 2.17. The van der Waals surface area contributed by atoms with Crippen molar-refractivity contribution in [3.63, 3.8) is 0 Å². The molecule has 15 heavy (non-hydrogen) atoms. The quantitative estimate of drug-likeness (QED) is 0.387. The van der Waals surface area contributed by atoms with Crippen LogP contribution in [0.1, 0.15) is 19.8 Å². The fourth-order valence-electron chi connectivity index (χ4n) is 1.37. The molecule has 0 saturated heterocycles. The first-order valence-corrected chi connectivity index (χ1v) is 8.78. The molecule has 0 amide bonds. The third kappa shape index (κ3) is 4.85. The van der Waals surface area contributed by atoms with Crippen LogP contribution in [-0.4, -0.2) is 20.1 Å². The van der Waals surface area contributed by atoms with Crippen LogP contribution in [0.4, 0.5) is 0 Å². The van der Waals surface area contributed by atoms with Crippen molar-refractivity contribution in [2.24, 2.45) is 0 Å². The van der Waals surface area contributed by atoms with Gasteiger partial charge in [-0.1, -0.05) is 25.6 Å². The maximum absolute atomic E-state index is 10.7. The highest BCUT2D eigenvalue weighted by Crippen LogP contribution is 2.20. The Morgan fingerprint density at radius 2 is 2.20 bits per heavy atom. The highest BCUT2D eigenvalue weighted by atomic mass is 28.3. The minimum absolute atomic E-state index is 0.0477. The molecule has 0 aromatic rings. The van der Waals surface area contributed by atoms with Crippen molar-refractivity contribution >= 4 is 14.0 Å². The number of esters is 1. The summed E-state index contributed by atoms with van der Waals surface area (Å²) in [7, 11) is -1.29. The van der Waals surface area contributed by atoms with E-state index < -0.39 is 8.07 Å². The van der Waals surface area contributed by atoms with Crippen molar-refractivity contribution in [1.29, 1.82) is 0 Å². The third-order valence-corrected chi connectivity index (χ3v) is 2.88. The zero-order valence-electron chi connectivity index (χ0n) is 9.89. The van der Waals surface area contributed by atoms with Crippen LogP contribution in [0.2, 0.25) is 19.6 Å². The molecule has 0 unspecified atom stereocenters. The maximum Gasteiger partial charge on any atom is 0.303 e. The van der Waals surface area contributed by atoms with Gasteiger partial charge < -0.3 is 4.74 Å². The van der Waals surface area contributed by atoms with Gasteiger partial charge in [0.1, 0.15) is 14.2 Å². The first kappa shape index (κ1) is 12.1. The zero-order chi connectivity index (χ0) is 11.5. The molecule has 0 saturated carbocycles. The number of hydrogen-bond donors (Lipinski definition) is 0. The van der Waals surface area contributed by atoms with E-state index in [0.29, 0.717) is 0 Å². The fourth-order valence-corrected chi connectivity index (χ4v) is 1.90. The van der Waals surface area contributed by atoms with Crippen molar-refractivity contribution in [3.8, 4) is 11.5 Å². The molecule has 0 aromatic heterocycles. The van der Waals surface area contributed by atoms with E-state index in [2.05, 4.69) is 31.1 Å². The van der Waals surface area contributed by atoms with Crippen LogP contribution < -0.4 is 0 Å². The van der Waals surface area contributed by atoms with Crippen molar-refractivity contribution in [2.75, 3.05) is 0 Å². The lowest BCUT2D eigenvalue weighted by Gasteiger charge is -2.05. The van der Waals surface area contributed by atoms with Gasteiger partial charge in [-0.15, -0.1) is 5.54 Å². The van der Waals surface area contributed by atoms with Crippen LogP contribution in [0, 0.1) is 11.5 Å².